The first kappa shape index (κ1) is 16.4. The number of carbonyl (C=O) groups excluding carboxylic acids is 1. The summed E-state index contributed by atoms with van der Waals surface area (Å²) < 4.78 is 6.08. The summed E-state index contributed by atoms with van der Waals surface area (Å²) in [7, 11) is 1.62. The number of ether oxygens (including phenoxy) is 1. The minimum atomic E-state index is 0.248. The molecule has 0 saturated carbocycles. The van der Waals surface area contributed by atoms with Crippen LogP contribution in [0.2, 0.25) is 0 Å². The van der Waals surface area contributed by atoms with Crippen LogP contribution in [-0.4, -0.2) is 30.1 Å². The van der Waals surface area contributed by atoms with Gasteiger partial charge in [0.05, 0.1) is 7.11 Å². The van der Waals surface area contributed by atoms with Crippen LogP contribution in [0.25, 0.3) is 0 Å². The van der Waals surface area contributed by atoms with Crippen molar-refractivity contribution in [2.75, 3.05) is 13.7 Å². The van der Waals surface area contributed by atoms with Crippen LogP contribution in [0.4, 0.5) is 0 Å². The van der Waals surface area contributed by atoms with E-state index in [4.69, 9.17) is 4.74 Å². The normalized spacial score (nSPS) is 10.3. The van der Waals surface area contributed by atoms with E-state index in [2.05, 4.69) is 15.9 Å². The summed E-state index contributed by atoms with van der Waals surface area (Å²) in [6, 6.07) is 12.7. The number of carbonyl (C=O) groups is 1. The molecule has 1 amide bonds. The van der Waals surface area contributed by atoms with E-state index in [1.165, 1.54) is 0 Å². The van der Waals surface area contributed by atoms with E-state index in [0.717, 1.165) is 34.2 Å². The number of aromatic hydroxyl groups is 1. The number of halogens is 1. The molecular weight excluding hydrogens is 346 g/mol. The first-order valence-electron chi connectivity index (χ1n) is 6.92. The zero-order valence-corrected chi connectivity index (χ0v) is 13.9. The highest BCUT2D eigenvalue weighted by Gasteiger charge is 2.08. The minimum Gasteiger partial charge on any atom is -0.508 e. The summed E-state index contributed by atoms with van der Waals surface area (Å²) in [6.45, 7) is 1.15. The van der Waals surface area contributed by atoms with Crippen molar-refractivity contribution in [3.63, 3.8) is 0 Å². The first-order chi connectivity index (χ1) is 10.6. The largest absolute Gasteiger partial charge is 0.508 e. The molecule has 2 rings (SSSR count). The van der Waals surface area contributed by atoms with Gasteiger partial charge in [-0.15, -0.1) is 0 Å². The zero-order chi connectivity index (χ0) is 15.9. The van der Waals surface area contributed by atoms with Crippen molar-refractivity contribution in [3.8, 4) is 11.5 Å². The molecule has 0 unspecified atom stereocenters. The lowest BCUT2D eigenvalue weighted by atomic mass is 10.1. The van der Waals surface area contributed by atoms with Gasteiger partial charge in [-0.2, -0.15) is 0 Å². The van der Waals surface area contributed by atoms with Gasteiger partial charge in [-0.25, -0.2) is 0 Å². The molecule has 0 aliphatic carbocycles. The number of phenols is 1. The number of nitrogens with zero attached hydrogens (tertiary/aromatic N) is 1. The summed E-state index contributed by atoms with van der Waals surface area (Å²) >= 11 is 3.50. The van der Waals surface area contributed by atoms with Crippen molar-refractivity contribution < 1.29 is 14.6 Å². The second-order valence-electron chi connectivity index (χ2n) is 4.95. The quantitative estimate of drug-likeness (QED) is 0.767. The average molecular weight is 364 g/mol. The molecule has 0 aliphatic rings. The van der Waals surface area contributed by atoms with E-state index < -0.39 is 0 Å². The molecule has 5 heteroatoms. The monoisotopic (exact) mass is 363 g/mol. The molecule has 0 saturated heterocycles. The van der Waals surface area contributed by atoms with Gasteiger partial charge in [0.15, 0.2) is 0 Å². The molecule has 0 fully saturated rings. The van der Waals surface area contributed by atoms with Crippen LogP contribution in [0.5, 0.6) is 11.5 Å². The summed E-state index contributed by atoms with van der Waals surface area (Å²) in [5.74, 6) is 1.02. The Morgan fingerprint density at radius 1 is 1.23 bits per heavy atom. The maximum Gasteiger partial charge on any atom is 0.210 e. The average Bonchev–Trinajstić information content (AvgIpc) is 2.54. The molecule has 4 nitrogen and oxygen atoms in total. The van der Waals surface area contributed by atoms with Crippen LogP contribution in [0.1, 0.15) is 11.1 Å². The van der Waals surface area contributed by atoms with Crippen LogP contribution >= 0.6 is 15.9 Å². The standard InChI is InChI=1S/C17H18BrNO3/c1-22-16-7-4-14(17(18)10-16)11-19(12-20)9-8-13-2-5-15(21)6-3-13/h2-7,10,12,21H,8-9,11H2,1H3. The van der Waals surface area contributed by atoms with Gasteiger partial charge >= 0.3 is 0 Å². The van der Waals surface area contributed by atoms with Crippen LogP contribution in [0, 0.1) is 0 Å². The highest BCUT2D eigenvalue weighted by molar-refractivity contribution is 9.10. The molecular formula is C17H18BrNO3. The molecule has 0 atom stereocenters. The summed E-state index contributed by atoms with van der Waals surface area (Å²) in [5, 5.41) is 9.27. The number of amides is 1. The fourth-order valence-electron chi connectivity index (χ4n) is 2.11. The van der Waals surface area contributed by atoms with Crippen LogP contribution < -0.4 is 4.74 Å². The Hall–Kier alpha value is -2.01. The zero-order valence-electron chi connectivity index (χ0n) is 12.3. The van der Waals surface area contributed by atoms with Gasteiger partial charge in [-0.05, 0) is 41.8 Å². The number of rotatable bonds is 7. The Kier molecular flexibility index (Phi) is 5.83. The third kappa shape index (κ3) is 4.49. The summed E-state index contributed by atoms with van der Waals surface area (Å²) in [5.41, 5.74) is 2.11. The smallest absolute Gasteiger partial charge is 0.210 e. The number of methoxy groups -OCH3 is 1. The maximum absolute atomic E-state index is 11.3. The van der Waals surface area contributed by atoms with Crippen molar-refractivity contribution in [2.45, 2.75) is 13.0 Å². The van der Waals surface area contributed by atoms with Gasteiger partial charge in [0.2, 0.25) is 6.41 Å². The van der Waals surface area contributed by atoms with Gasteiger partial charge in [0, 0.05) is 17.6 Å². The van der Waals surface area contributed by atoms with Gasteiger partial charge in [-0.1, -0.05) is 34.1 Å². The molecule has 1 N–H and O–H groups in total. The lowest BCUT2D eigenvalue weighted by Gasteiger charge is -2.18. The van der Waals surface area contributed by atoms with Crippen LogP contribution in [0.3, 0.4) is 0 Å². The first-order valence-corrected chi connectivity index (χ1v) is 7.71. The van der Waals surface area contributed by atoms with Gasteiger partial charge in [-0.3, -0.25) is 4.79 Å². The van der Waals surface area contributed by atoms with Crippen LogP contribution in [0.15, 0.2) is 46.9 Å². The van der Waals surface area contributed by atoms with Crippen molar-refractivity contribution in [1.29, 1.82) is 0 Å². The Morgan fingerprint density at radius 3 is 2.55 bits per heavy atom. The molecule has 22 heavy (non-hydrogen) atoms. The fourth-order valence-corrected chi connectivity index (χ4v) is 2.59. The SMILES string of the molecule is COc1ccc(CN(C=O)CCc2ccc(O)cc2)c(Br)c1. The number of hydrogen-bond acceptors (Lipinski definition) is 3. The Labute approximate surface area is 138 Å². The molecule has 2 aromatic rings. The van der Waals surface area contributed by atoms with E-state index in [9.17, 15) is 9.90 Å². The van der Waals surface area contributed by atoms with E-state index in [1.54, 1.807) is 24.1 Å². The molecule has 0 bridgehead atoms. The Morgan fingerprint density at radius 2 is 1.95 bits per heavy atom. The van der Waals surface area contributed by atoms with Crippen molar-refractivity contribution in [3.05, 3.63) is 58.1 Å². The molecule has 0 radical (unpaired) electrons. The highest BCUT2D eigenvalue weighted by Crippen LogP contribution is 2.24. The van der Waals surface area contributed by atoms with Gasteiger partial charge in [0.1, 0.15) is 11.5 Å². The number of benzene rings is 2. The number of hydrogen-bond donors (Lipinski definition) is 1. The van der Waals surface area contributed by atoms with Gasteiger partial charge < -0.3 is 14.7 Å². The summed E-state index contributed by atoms with van der Waals surface area (Å²) in [6.07, 6.45) is 1.60. The second-order valence-corrected chi connectivity index (χ2v) is 5.80. The predicted octanol–water partition coefficient (Wildman–Crippen LogP) is 3.36. The van der Waals surface area contributed by atoms with Crippen molar-refractivity contribution in [2.24, 2.45) is 0 Å². The lowest BCUT2D eigenvalue weighted by molar-refractivity contribution is -0.118. The van der Waals surface area contributed by atoms with Crippen molar-refractivity contribution >= 4 is 22.3 Å². The highest BCUT2D eigenvalue weighted by atomic mass is 79.9. The molecule has 0 aromatic heterocycles. The lowest BCUT2D eigenvalue weighted by Crippen LogP contribution is -2.24. The fraction of sp³-hybridized carbons (Fsp3) is 0.235. The molecule has 2 aromatic carbocycles. The Balaban J connectivity index is 1.97. The van der Waals surface area contributed by atoms with Crippen LogP contribution in [-0.2, 0) is 17.8 Å². The molecule has 0 heterocycles. The second kappa shape index (κ2) is 7.84. The molecule has 0 spiro atoms. The van der Waals surface area contributed by atoms with E-state index in [-0.39, 0.29) is 5.75 Å². The third-order valence-corrected chi connectivity index (χ3v) is 4.14. The van der Waals surface area contributed by atoms with E-state index in [1.807, 2.05) is 30.3 Å². The topological polar surface area (TPSA) is 49.8 Å². The van der Waals surface area contributed by atoms with Gasteiger partial charge in [0.25, 0.3) is 0 Å². The van der Waals surface area contributed by atoms with Crippen molar-refractivity contribution in [1.82, 2.24) is 4.90 Å². The Bertz CT molecular complexity index is 628. The number of phenolic OH excluding ortho intramolecular Hbond substituents is 1. The molecule has 0 aliphatic heterocycles. The molecule has 116 valence electrons. The third-order valence-electron chi connectivity index (χ3n) is 3.41. The predicted molar refractivity (Wildman–Crippen MR) is 89.0 cm³/mol. The minimum absolute atomic E-state index is 0.248. The maximum atomic E-state index is 11.3. The van der Waals surface area contributed by atoms with E-state index in [0.29, 0.717) is 13.1 Å². The van der Waals surface area contributed by atoms with E-state index >= 15 is 0 Å². The summed E-state index contributed by atoms with van der Waals surface area (Å²) in [4.78, 5) is 13.0.